The lowest BCUT2D eigenvalue weighted by Gasteiger charge is -2.19. The lowest BCUT2D eigenvalue weighted by molar-refractivity contribution is -0.153. The zero-order valence-electron chi connectivity index (χ0n) is 17.1. The van der Waals surface area contributed by atoms with Crippen LogP contribution in [0.2, 0.25) is 0 Å². The number of ether oxygens (including phenoxy) is 1. The van der Waals surface area contributed by atoms with Gasteiger partial charge in [0, 0.05) is 16.8 Å². The van der Waals surface area contributed by atoms with Crippen molar-refractivity contribution in [3.8, 4) is 0 Å². The molecule has 9 heteroatoms. The number of esters is 1. The summed E-state index contributed by atoms with van der Waals surface area (Å²) in [5, 5.41) is 4.74. The minimum absolute atomic E-state index is 0.107. The number of benzene rings is 3. The van der Waals surface area contributed by atoms with Crippen LogP contribution in [-0.4, -0.2) is 24.3 Å². The molecule has 0 bridgehead atoms. The fourth-order valence-electron chi connectivity index (χ4n) is 2.90. The number of carbonyl (C=O) groups excluding carboxylic acids is 3. The van der Waals surface area contributed by atoms with Crippen LogP contribution >= 0.6 is 0 Å². The minimum Gasteiger partial charge on any atom is -0.446 e. The van der Waals surface area contributed by atoms with E-state index in [2.05, 4.69) is 10.6 Å². The largest absolute Gasteiger partial charge is 0.446 e. The highest BCUT2D eigenvalue weighted by atomic mass is 19.4. The van der Waals surface area contributed by atoms with Gasteiger partial charge in [-0.1, -0.05) is 54.6 Å². The van der Waals surface area contributed by atoms with E-state index in [0.717, 1.165) is 18.2 Å². The molecule has 0 aliphatic rings. The summed E-state index contributed by atoms with van der Waals surface area (Å²) in [6, 6.07) is 20.3. The van der Waals surface area contributed by atoms with E-state index >= 15 is 0 Å². The van der Waals surface area contributed by atoms with Gasteiger partial charge in [-0.25, -0.2) is 0 Å². The molecule has 0 aliphatic heterocycles. The van der Waals surface area contributed by atoms with Crippen LogP contribution in [0.15, 0.2) is 84.9 Å². The van der Waals surface area contributed by atoms with Crippen LogP contribution in [0, 0.1) is 0 Å². The number of halogens is 3. The predicted molar refractivity (Wildman–Crippen MR) is 114 cm³/mol. The number of rotatable bonds is 7. The van der Waals surface area contributed by atoms with Gasteiger partial charge < -0.3 is 15.4 Å². The molecular weight excluding hydrogens is 437 g/mol. The average molecular weight is 456 g/mol. The van der Waals surface area contributed by atoms with Gasteiger partial charge in [0.1, 0.15) is 6.54 Å². The first kappa shape index (κ1) is 23.5. The van der Waals surface area contributed by atoms with Crippen molar-refractivity contribution in [2.45, 2.75) is 12.3 Å². The molecule has 0 heterocycles. The van der Waals surface area contributed by atoms with E-state index in [1.807, 2.05) is 0 Å². The van der Waals surface area contributed by atoms with E-state index < -0.39 is 42.2 Å². The highest BCUT2D eigenvalue weighted by Gasteiger charge is 2.31. The Morgan fingerprint density at radius 2 is 1.48 bits per heavy atom. The van der Waals surface area contributed by atoms with E-state index in [9.17, 15) is 27.6 Å². The summed E-state index contributed by atoms with van der Waals surface area (Å²) < 4.78 is 44.1. The van der Waals surface area contributed by atoms with E-state index in [4.69, 9.17) is 4.74 Å². The van der Waals surface area contributed by atoms with Gasteiger partial charge in [-0.2, -0.15) is 13.2 Å². The second kappa shape index (κ2) is 10.4. The molecule has 0 fully saturated rings. The van der Waals surface area contributed by atoms with Crippen molar-refractivity contribution in [1.29, 1.82) is 0 Å². The molecule has 0 saturated carbocycles. The molecule has 1 atom stereocenters. The Morgan fingerprint density at radius 1 is 0.848 bits per heavy atom. The lowest BCUT2D eigenvalue weighted by Crippen LogP contribution is -2.33. The van der Waals surface area contributed by atoms with E-state index in [-0.39, 0.29) is 5.69 Å². The zero-order chi connectivity index (χ0) is 23.8. The molecule has 1 unspecified atom stereocenters. The lowest BCUT2D eigenvalue weighted by atomic mass is 10.1. The first-order valence-electron chi connectivity index (χ1n) is 9.80. The molecule has 3 aromatic carbocycles. The molecule has 0 aromatic heterocycles. The van der Waals surface area contributed by atoms with Gasteiger partial charge in [0.05, 0.1) is 5.56 Å². The Labute approximate surface area is 187 Å². The number of hydrogen-bond donors (Lipinski definition) is 2. The van der Waals surface area contributed by atoms with Crippen molar-refractivity contribution in [2.75, 3.05) is 11.9 Å². The van der Waals surface area contributed by atoms with Crippen LogP contribution in [0.3, 0.4) is 0 Å². The monoisotopic (exact) mass is 456 g/mol. The first-order chi connectivity index (χ1) is 15.7. The number of hydrogen-bond acceptors (Lipinski definition) is 4. The fraction of sp³-hybridized carbons (Fsp3) is 0.125. The average Bonchev–Trinajstić information content (AvgIpc) is 2.81. The van der Waals surface area contributed by atoms with E-state index in [1.165, 1.54) is 18.2 Å². The van der Waals surface area contributed by atoms with E-state index in [0.29, 0.717) is 11.1 Å². The second-order valence-electron chi connectivity index (χ2n) is 6.90. The molecule has 6 nitrogen and oxygen atoms in total. The topological polar surface area (TPSA) is 84.5 Å². The molecule has 0 radical (unpaired) electrons. The zero-order valence-corrected chi connectivity index (χ0v) is 17.1. The van der Waals surface area contributed by atoms with Crippen molar-refractivity contribution in [3.05, 3.63) is 102 Å². The third-order valence-electron chi connectivity index (χ3n) is 4.48. The number of nitrogens with one attached hydrogen (secondary N) is 2. The van der Waals surface area contributed by atoms with Gasteiger partial charge in [-0.05, 0) is 30.3 Å². The maximum absolute atomic E-state index is 13.0. The van der Waals surface area contributed by atoms with Crippen LogP contribution in [-0.2, 0) is 20.5 Å². The molecule has 3 aromatic rings. The van der Waals surface area contributed by atoms with Crippen LogP contribution in [0.5, 0.6) is 0 Å². The molecule has 2 amide bonds. The fourth-order valence-corrected chi connectivity index (χ4v) is 2.90. The van der Waals surface area contributed by atoms with Crippen molar-refractivity contribution in [2.24, 2.45) is 0 Å². The summed E-state index contributed by atoms with van der Waals surface area (Å²) in [4.78, 5) is 37.3. The molecule has 3 rings (SSSR count). The van der Waals surface area contributed by atoms with Crippen molar-refractivity contribution < 1.29 is 32.3 Å². The Morgan fingerprint density at radius 3 is 2.12 bits per heavy atom. The Bertz CT molecular complexity index is 1120. The molecule has 170 valence electrons. The Balaban J connectivity index is 1.71. The smallest absolute Gasteiger partial charge is 0.416 e. The van der Waals surface area contributed by atoms with Crippen LogP contribution < -0.4 is 10.6 Å². The molecule has 2 N–H and O–H groups in total. The van der Waals surface area contributed by atoms with Gasteiger partial charge in [0.2, 0.25) is 6.10 Å². The number of amides is 2. The predicted octanol–water partition coefficient (Wildman–Crippen LogP) is 4.36. The van der Waals surface area contributed by atoms with Gasteiger partial charge in [-0.3, -0.25) is 14.4 Å². The van der Waals surface area contributed by atoms with E-state index in [1.54, 1.807) is 48.5 Å². The van der Waals surface area contributed by atoms with Crippen LogP contribution in [0.25, 0.3) is 0 Å². The summed E-state index contributed by atoms with van der Waals surface area (Å²) in [5.41, 5.74) is -0.390. The Kier molecular flexibility index (Phi) is 7.45. The number of alkyl halides is 3. The maximum atomic E-state index is 13.0. The summed E-state index contributed by atoms with van der Waals surface area (Å²) in [7, 11) is 0. The molecule has 33 heavy (non-hydrogen) atoms. The number of anilines is 1. The van der Waals surface area contributed by atoms with Crippen LogP contribution in [0.4, 0.5) is 18.9 Å². The summed E-state index contributed by atoms with van der Waals surface area (Å²) in [6.45, 7) is -0.506. The van der Waals surface area contributed by atoms with Gasteiger partial charge >= 0.3 is 12.1 Å². The standard InChI is InChI=1S/C24H19F3N2O4/c25-24(26,27)18-12-7-13-19(14-18)29-23(32)21(16-8-3-1-4-9-16)33-20(30)15-28-22(31)17-10-5-2-6-11-17/h1-14,21H,15H2,(H,28,31)(H,29,32). The summed E-state index contributed by atoms with van der Waals surface area (Å²) >= 11 is 0. The third-order valence-corrected chi connectivity index (χ3v) is 4.48. The highest BCUT2D eigenvalue weighted by Crippen LogP contribution is 2.31. The van der Waals surface area contributed by atoms with Crippen molar-refractivity contribution >= 4 is 23.5 Å². The van der Waals surface area contributed by atoms with Crippen LogP contribution in [0.1, 0.15) is 27.6 Å². The molecule has 0 spiro atoms. The Hall–Kier alpha value is -4.14. The summed E-state index contributed by atoms with van der Waals surface area (Å²) in [6.07, 6.45) is -6.02. The van der Waals surface area contributed by atoms with Crippen molar-refractivity contribution in [3.63, 3.8) is 0 Å². The molecule has 0 saturated heterocycles. The normalized spacial score (nSPS) is 11.8. The number of carbonyl (C=O) groups is 3. The molecular formula is C24H19F3N2O4. The van der Waals surface area contributed by atoms with Crippen molar-refractivity contribution in [1.82, 2.24) is 5.32 Å². The molecule has 0 aliphatic carbocycles. The SMILES string of the molecule is O=C(CNC(=O)c1ccccc1)OC(C(=O)Nc1cccc(C(F)(F)F)c1)c1ccccc1. The van der Waals surface area contributed by atoms with Gasteiger partial charge in [-0.15, -0.1) is 0 Å². The third kappa shape index (κ3) is 6.67. The first-order valence-corrected chi connectivity index (χ1v) is 9.80. The quantitative estimate of drug-likeness (QED) is 0.518. The van der Waals surface area contributed by atoms with Gasteiger partial charge in [0.25, 0.3) is 11.8 Å². The second-order valence-corrected chi connectivity index (χ2v) is 6.90. The summed E-state index contributed by atoms with van der Waals surface area (Å²) in [5.74, 6) is -2.24. The maximum Gasteiger partial charge on any atom is 0.416 e. The van der Waals surface area contributed by atoms with Gasteiger partial charge in [0.15, 0.2) is 0 Å². The minimum atomic E-state index is -4.58. The highest BCUT2D eigenvalue weighted by molar-refractivity contribution is 5.98.